The van der Waals surface area contributed by atoms with Crippen LogP contribution in [0.15, 0.2) is 12.3 Å². The molecule has 0 radical (unpaired) electrons. The van der Waals surface area contributed by atoms with Crippen LogP contribution in [0.1, 0.15) is 43.0 Å². The zero-order chi connectivity index (χ0) is 13.1. The van der Waals surface area contributed by atoms with E-state index in [1.165, 1.54) is 18.7 Å². The van der Waals surface area contributed by atoms with E-state index in [0.717, 1.165) is 19.3 Å². The minimum Gasteiger partial charge on any atom is -0.478 e. The Hall–Kier alpha value is -1.29. The van der Waals surface area contributed by atoms with Gasteiger partial charge in [-0.05, 0) is 31.2 Å². The molecule has 1 N–H and O–H groups in total. The maximum Gasteiger partial charge on any atom is 0.337 e. The predicted molar refractivity (Wildman–Crippen MR) is 68.3 cm³/mol. The van der Waals surface area contributed by atoms with Crippen molar-refractivity contribution in [3.05, 3.63) is 22.8 Å². The Morgan fingerprint density at radius 3 is 2.94 bits per heavy atom. The molecule has 2 rings (SSSR count). The average Bonchev–Trinajstić information content (AvgIpc) is 2.31. The molecule has 0 bridgehead atoms. The summed E-state index contributed by atoms with van der Waals surface area (Å²) in [4.78, 5) is 14.7. The highest BCUT2D eigenvalue weighted by Gasteiger charge is 2.21. The van der Waals surface area contributed by atoms with E-state index in [0.29, 0.717) is 11.8 Å². The van der Waals surface area contributed by atoms with Crippen LogP contribution in [0.4, 0.5) is 0 Å². The van der Waals surface area contributed by atoms with Gasteiger partial charge in [-0.15, -0.1) is 0 Å². The molecule has 1 fully saturated rings. The zero-order valence-electron chi connectivity index (χ0n) is 10.2. The number of ether oxygens (including phenoxy) is 1. The fraction of sp³-hybridized carbons (Fsp3) is 0.538. The molecule has 1 heterocycles. The first-order chi connectivity index (χ1) is 8.56. The molecule has 4 nitrogen and oxygen atoms in total. The molecular formula is C13H16ClNO3. The number of aromatic nitrogens is 1. The topological polar surface area (TPSA) is 59.4 Å². The zero-order valence-corrected chi connectivity index (χ0v) is 11.0. The van der Waals surface area contributed by atoms with Gasteiger partial charge in [0.15, 0.2) is 0 Å². The molecule has 5 heteroatoms. The van der Waals surface area contributed by atoms with Crippen molar-refractivity contribution in [1.29, 1.82) is 0 Å². The Morgan fingerprint density at radius 1 is 1.56 bits per heavy atom. The number of nitrogens with zero attached hydrogens (tertiary/aromatic N) is 1. The molecule has 0 spiro atoms. The number of rotatable bonds is 3. The highest BCUT2D eigenvalue weighted by Crippen LogP contribution is 2.30. The molecule has 1 aliphatic rings. The van der Waals surface area contributed by atoms with Crippen LogP contribution in [-0.2, 0) is 0 Å². The maximum absolute atomic E-state index is 10.8. The molecule has 2 unspecified atom stereocenters. The Bertz CT molecular complexity index is 450. The number of hydrogen-bond donors (Lipinski definition) is 1. The summed E-state index contributed by atoms with van der Waals surface area (Å²) in [5.41, 5.74) is 0.0735. The molecule has 0 aromatic carbocycles. The van der Waals surface area contributed by atoms with Crippen molar-refractivity contribution in [3.63, 3.8) is 0 Å². The van der Waals surface area contributed by atoms with Crippen molar-refractivity contribution in [2.45, 2.75) is 38.7 Å². The summed E-state index contributed by atoms with van der Waals surface area (Å²) in [5, 5.41) is 9.07. The Morgan fingerprint density at radius 2 is 2.33 bits per heavy atom. The lowest BCUT2D eigenvalue weighted by molar-refractivity contribution is 0.0696. The van der Waals surface area contributed by atoms with E-state index in [4.69, 9.17) is 21.4 Å². The molecule has 18 heavy (non-hydrogen) atoms. The quantitative estimate of drug-likeness (QED) is 0.914. The smallest absolute Gasteiger partial charge is 0.337 e. The second-order valence-electron chi connectivity index (χ2n) is 4.83. The van der Waals surface area contributed by atoms with Gasteiger partial charge in [-0.1, -0.05) is 24.9 Å². The first-order valence-corrected chi connectivity index (χ1v) is 6.49. The number of halogens is 1. The average molecular weight is 270 g/mol. The second kappa shape index (κ2) is 5.57. The minimum atomic E-state index is -1.04. The van der Waals surface area contributed by atoms with E-state index in [1.54, 1.807) is 0 Å². The van der Waals surface area contributed by atoms with E-state index in [2.05, 4.69) is 11.9 Å². The SMILES string of the molecule is CC1CCCC(Oc2ncc(C(=O)O)cc2Cl)C1. The molecular weight excluding hydrogens is 254 g/mol. The molecule has 1 saturated carbocycles. The third-order valence-corrected chi connectivity index (χ3v) is 3.49. The first kappa shape index (κ1) is 13.1. The standard InChI is InChI=1S/C13H16ClNO3/c1-8-3-2-4-10(5-8)18-12-11(14)6-9(7-15-12)13(16)17/h6-8,10H,2-5H2,1H3,(H,16,17). The Kier molecular flexibility index (Phi) is 4.07. The van der Waals surface area contributed by atoms with Crippen LogP contribution in [0.5, 0.6) is 5.88 Å². The molecule has 1 aromatic heterocycles. The normalized spacial score (nSPS) is 23.7. The van der Waals surface area contributed by atoms with Gasteiger partial charge < -0.3 is 9.84 Å². The number of pyridine rings is 1. The van der Waals surface area contributed by atoms with Crippen molar-refractivity contribution in [2.24, 2.45) is 5.92 Å². The van der Waals surface area contributed by atoms with Gasteiger partial charge in [0, 0.05) is 6.20 Å². The highest BCUT2D eigenvalue weighted by atomic mass is 35.5. The van der Waals surface area contributed by atoms with E-state index in [9.17, 15) is 4.79 Å². The van der Waals surface area contributed by atoms with Gasteiger partial charge in [0.25, 0.3) is 0 Å². The van der Waals surface area contributed by atoms with Crippen LogP contribution >= 0.6 is 11.6 Å². The number of hydrogen-bond acceptors (Lipinski definition) is 3. The summed E-state index contributed by atoms with van der Waals surface area (Å²) in [7, 11) is 0. The van der Waals surface area contributed by atoms with Gasteiger partial charge in [-0.25, -0.2) is 9.78 Å². The molecule has 0 amide bonds. The second-order valence-corrected chi connectivity index (χ2v) is 5.23. The summed E-state index contributed by atoms with van der Waals surface area (Å²) in [6.07, 6.45) is 5.79. The van der Waals surface area contributed by atoms with Crippen LogP contribution in [0.3, 0.4) is 0 Å². The maximum atomic E-state index is 10.8. The van der Waals surface area contributed by atoms with Crippen LogP contribution in [0, 0.1) is 5.92 Å². The molecule has 98 valence electrons. The van der Waals surface area contributed by atoms with Crippen LogP contribution in [0.2, 0.25) is 5.02 Å². The van der Waals surface area contributed by atoms with Gasteiger partial charge in [0.1, 0.15) is 11.1 Å². The number of aromatic carboxylic acids is 1. The van der Waals surface area contributed by atoms with Crippen molar-refractivity contribution >= 4 is 17.6 Å². The summed E-state index contributed by atoms with van der Waals surface area (Å²) in [6, 6.07) is 1.37. The van der Waals surface area contributed by atoms with E-state index < -0.39 is 5.97 Å². The molecule has 0 saturated heterocycles. The Labute approximate surface area is 111 Å². The summed E-state index contributed by atoms with van der Waals surface area (Å²) in [5.74, 6) is -0.0520. The lowest BCUT2D eigenvalue weighted by Gasteiger charge is -2.27. The first-order valence-electron chi connectivity index (χ1n) is 6.11. The van der Waals surface area contributed by atoms with Gasteiger partial charge >= 0.3 is 5.97 Å². The van der Waals surface area contributed by atoms with Gasteiger partial charge in [-0.2, -0.15) is 0 Å². The summed E-state index contributed by atoms with van der Waals surface area (Å²) < 4.78 is 5.76. The minimum absolute atomic E-state index is 0.0735. The highest BCUT2D eigenvalue weighted by molar-refractivity contribution is 6.32. The van der Waals surface area contributed by atoms with Crippen LogP contribution < -0.4 is 4.74 Å². The van der Waals surface area contributed by atoms with Gasteiger partial charge in [-0.3, -0.25) is 0 Å². The Balaban J connectivity index is 2.07. The van der Waals surface area contributed by atoms with Crippen molar-refractivity contribution < 1.29 is 14.6 Å². The lowest BCUT2D eigenvalue weighted by atomic mass is 9.89. The molecule has 1 aliphatic carbocycles. The monoisotopic (exact) mass is 269 g/mol. The fourth-order valence-corrected chi connectivity index (χ4v) is 2.48. The lowest BCUT2D eigenvalue weighted by Crippen LogP contribution is -2.24. The van der Waals surface area contributed by atoms with Crippen LogP contribution in [-0.4, -0.2) is 22.2 Å². The third-order valence-electron chi connectivity index (χ3n) is 3.22. The van der Waals surface area contributed by atoms with Crippen LogP contribution in [0.25, 0.3) is 0 Å². The number of carboxylic acid groups (broad SMARTS) is 1. The fourth-order valence-electron chi connectivity index (χ4n) is 2.27. The molecule has 2 atom stereocenters. The van der Waals surface area contributed by atoms with E-state index >= 15 is 0 Å². The summed E-state index contributed by atoms with van der Waals surface area (Å²) in [6.45, 7) is 2.21. The van der Waals surface area contributed by atoms with Gasteiger partial charge in [0.2, 0.25) is 5.88 Å². The molecule has 0 aliphatic heterocycles. The van der Waals surface area contributed by atoms with Crippen molar-refractivity contribution in [2.75, 3.05) is 0 Å². The largest absolute Gasteiger partial charge is 0.478 e. The van der Waals surface area contributed by atoms with Crippen molar-refractivity contribution in [3.8, 4) is 5.88 Å². The third kappa shape index (κ3) is 3.13. The number of carbonyl (C=O) groups is 1. The van der Waals surface area contributed by atoms with Gasteiger partial charge in [0.05, 0.1) is 5.56 Å². The molecule has 1 aromatic rings. The van der Waals surface area contributed by atoms with E-state index in [-0.39, 0.29) is 16.7 Å². The summed E-state index contributed by atoms with van der Waals surface area (Å²) >= 11 is 5.98. The predicted octanol–water partition coefficient (Wildman–Crippen LogP) is 3.39. The van der Waals surface area contributed by atoms with E-state index in [1.807, 2.05) is 0 Å². The van der Waals surface area contributed by atoms with Crippen molar-refractivity contribution in [1.82, 2.24) is 4.98 Å². The number of carboxylic acids is 1.